The first kappa shape index (κ1) is 13.1. The molecule has 1 heterocycles. The Morgan fingerprint density at radius 2 is 1.68 bits per heavy atom. The third kappa shape index (κ3) is 3.54. The van der Waals surface area contributed by atoms with Crippen LogP contribution in [0.3, 0.4) is 0 Å². The third-order valence-corrected chi connectivity index (χ3v) is 2.30. The van der Waals surface area contributed by atoms with Crippen molar-refractivity contribution in [2.24, 2.45) is 0 Å². The minimum atomic E-state index is -4.54. The quantitative estimate of drug-likeness (QED) is 0.906. The standard InChI is InChI=1S/C13H10F3N3/c14-13(15,16)11-8-10(18-12(17)19-11)7-6-9-4-2-1-3-5-9/h1-8H,(H2,17,18,19)/b7-6+. The number of aromatic nitrogens is 2. The lowest BCUT2D eigenvalue weighted by molar-refractivity contribution is -0.141. The van der Waals surface area contributed by atoms with Crippen LogP contribution in [0.2, 0.25) is 0 Å². The Morgan fingerprint density at radius 1 is 1.00 bits per heavy atom. The Hall–Kier alpha value is -2.37. The molecule has 0 saturated carbocycles. The highest BCUT2D eigenvalue weighted by Gasteiger charge is 2.33. The van der Waals surface area contributed by atoms with Gasteiger partial charge in [-0.05, 0) is 17.7 Å². The highest BCUT2D eigenvalue weighted by Crippen LogP contribution is 2.28. The van der Waals surface area contributed by atoms with Gasteiger partial charge in [0.2, 0.25) is 5.95 Å². The second kappa shape index (κ2) is 5.09. The number of nitrogens with zero attached hydrogens (tertiary/aromatic N) is 2. The number of rotatable bonds is 2. The zero-order chi connectivity index (χ0) is 13.9. The molecule has 0 atom stereocenters. The molecule has 0 aliphatic heterocycles. The Bertz CT molecular complexity index is 592. The monoisotopic (exact) mass is 265 g/mol. The molecular weight excluding hydrogens is 255 g/mol. The number of anilines is 1. The van der Waals surface area contributed by atoms with E-state index in [9.17, 15) is 13.2 Å². The van der Waals surface area contributed by atoms with Crippen molar-refractivity contribution in [1.29, 1.82) is 0 Å². The number of hydrogen-bond acceptors (Lipinski definition) is 3. The van der Waals surface area contributed by atoms with Crippen molar-refractivity contribution >= 4 is 18.1 Å². The summed E-state index contributed by atoms with van der Waals surface area (Å²) in [5, 5.41) is 0. The van der Waals surface area contributed by atoms with Crippen molar-refractivity contribution in [2.75, 3.05) is 5.73 Å². The van der Waals surface area contributed by atoms with Crippen molar-refractivity contribution < 1.29 is 13.2 Å². The molecule has 0 radical (unpaired) electrons. The molecule has 1 aromatic carbocycles. The molecule has 0 saturated heterocycles. The first-order valence-corrected chi connectivity index (χ1v) is 5.40. The molecule has 0 bridgehead atoms. The van der Waals surface area contributed by atoms with Crippen LogP contribution in [0.15, 0.2) is 36.4 Å². The zero-order valence-electron chi connectivity index (χ0n) is 9.72. The van der Waals surface area contributed by atoms with Gasteiger partial charge < -0.3 is 5.73 Å². The van der Waals surface area contributed by atoms with Gasteiger partial charge in [-0.25, -0.2) is 9.97 Å². The first-order valence-electron chi connectivity index (χ1n) is 5.40. The van der Waals surface area contributed by atoms with Crippen LogP contribution in [0.1, 0.15) is 17.0 Å². The second-order valence-corrected chi connectivity index (χ2v) is 3.78. The van der Waals surface area contributed by atoms with E-state index in [0.29, 0.717) is 0 Å². The SMILES string of the molecule is Nc1nc(/C=C/c2ccccc2)cc(C(F)(F)F)n1. The van der Waals surface area contributed by atoms with Gasteiger partial charge in [-0.2, -0.15) is 13.2 Å². The lowest BCUT2D eigenvalue weighted by Gasteiger charge is -2.06. The Kier molecular flexibility index (Phi) is 3.50. The van der Waals surface area contributed by atoms with Crippen molar-refractivity contribution in [3.8, 4) is 0 Å². The van der Waals surface area contributed by atoms with E-state index in [1.165, 1.54) is 6.08 Å². The van der Waals surface area contributed by atoms with Gasteiger partial charge in [0.05, 0.1) is 5.69 Å². The van der Waals surface area contributed by atoms with Crippen LogP contribution in [-0.4, -0.2) is 9.97 Å². The lowest BCUT2D eigenvalue weighted by atomic mass is 10.2. The number of hydrogen-bond donors (Lipinski definition) is 1. The summed E-state index contributed by atoms with van der Waals surface area (Å²) in [6.07, 6.45) is -1.42. The Balaban J connectivity index is 2.31. The molecule has 0 aliphatic rings. The molecule has 0 fully saturated rings. The van der Waals surface area contributed by atoms with E-state index in [1.807, 2.05) is 30.3 Å². The van der Waals surface area contributed by atoms with Gasteiger partial charge in [-0.1, -0.05) is 36.4 Å². The maximum Gasteiger partial charge on any atom is 0.433 e. The topological polar surface area (TPSA) is 51.8 Å². The summed E-state index contributed by atoms with van der Waals surface area (Å²) in [5.41, 5.74) is 5.19. The average Bonchev–Trinajstić information content (AvgIpc) is 2.36. The Morgan fingerprint density at radius 3 is 2.32 bits per heavy atom. The predicted octanol–water partition coefficient (Wildman–Crippen LogP) is 3.25. The fourth-order valence-corrected chi connectivity index (χ4v) is 1.46. The summed E-state index contributed by atoms with van der Waals surface area (Å²) in [5.74, 6) is -0.400. The van der Waals surface area contributed by atoms with Gasteiger partial charge >= 0.3 is 6.18 Å². The molecule has 19 heavy (non-hydrogen) atoms. The van der Waals surface area contributed by atoms with E-state index < -0.39 is 17.8 Å². The van der Waals surface area contributed by atoms with Gasteiger partial charge in [-0.15, -0.1) is 0 Å². The number of nitrogens with two attached hydrogens (primary N) is 1. The molecule has 2 aromatic rings. The van der Waals surface area contributed by atoms with E-state index in [1.54, 1.807) is 6.08 Å². The fourth-order valence-electron chi connectivity index (χ4n) is 1.46. The van der Waals surface area contributed by atoms with E-state index >= 15 is 0 Å². The lowest BCUT2D eigenvalue weighted by Crippen LogP contribution is -2.11. The van der Waals surface area contributed by atoms with Crippen molar-refractivity contribution in [3.63, 3.8) is 0 Å². The van der Waals surface area contributed by atoms with Crippen LogP contribution in [0.4, 0.5) is 19.1 Å². The number of benzene rings is 1. The maximum atomic E-state index is 12.5. The zero-order valence-corrected chi connectivity index (χ0v) is 9.72. The fraction of sp³-hybridized carbons (Fsp3) is 0.0769. The molecule has 3 nitrogen and oxygen atoms in total. The molecule has 0 unspecified atom stereocenters. The van der Waals surface area contributed by atoms with Crippen LogP contribution < -0.4 is 5.73 Å². The second-order valence-electron chi connectivity index (χ2n) is 3.78. The van der Waals surface area contributed by atoms with E-state index in [-0.39, 0.29) is 5.69 Å². The van der Waals surface area contributed by atoms with Gasteiger partial charge in [-0.3, -0.25) is 0 Å². The first-order chi connectivity index (χ1) is 8.95. The van der Waals surface area contributed by atoms with Gasteiger partial charge in [0, 0.05) is 0 Å². The molecule has 0 aliphatic carbocycles. The van der Waals surface area contributed by atoms with Crippen molar-refractivity contribution in [1.82, 2.24) is 9.97 Å². The molecule has 0 spiro atoms. The molecule has 2 rings (SSSR count). The molecule has 2 N–H and O–H groups in total. The average molecular weight is 265 g/mol. The van der Waals surface area contributed by atoms with Gasteiger partial charge in [0.1, 0.15) is 0 Å². The van der Waals surface area contributed by atoms with Crippen molar-refractivity contribution in [2.45, 2.75) is 6.18 Å². The normalized spacial score (nSPS) is 11.9. The van der Waals surface area contributed by atoms with Gasteiger partial charge in [0.25, 0.3) is 0 Å². The summed E-state index contributed by atoms with van der Waals surface area (Å²) in [6, 6.07) is 10.0. The molecule has 0 amide bonds. The van der Waals surface area contributed by atoms with E-state index in [2.05, 4.69) is 9.97 Å². The van der Waals surface area contributed by atoms with Gasteiger partial charge in [0.15, 0.2) is 5.69 Å². The largest absolute Gasteiger partial charge is 0.433 e. The smallest absolute Gasteiger partial charge is 0.368 e. The molecular formula is C13H10F3N3. The minimum Gasteiger partial charge on any atom is -0.368 e. The summed E-state index contributed by atoms with van der Waals surface area (Å²) >= 11 is 0. The van der Waals surface area contributed by atoms with Crippen LogP contribution in [0, 0.1) is 0 Å². The summed E-state index contributed by atoms with van der Waals surface area (Å²) in [4.78, 5) is 6.91. The summed E-state index contributed by atoms with van der Waals surface area (Å²) in [7, 11) is 0. The highest BCUT2D eigenvalue weighted by molar-refractivity contribution is 5.68. The molecule has 98 valence electrons. The molecule has 1 aromatic heterocycles. The van der Waals surface area contributed by atoms with Crippen LogP contribution in [-0.2, 0) is 6.18 Å². The minimum absolute atomic E-state index is 0.115. The van der Waals surface area contributed by atoms with Crippen molar-refractivity contribution in [3.05, 3.63) is 53.3 Å². The van der Waals surface area contributed by atoms with Crippen LogP contribution in [0.5, 0.6) is 0 Å². The summed E-state index contributed by atoms with van der Waals surface area (Å²) < 4.78 is 37.6. The van der Waals surface area contributed by atoms with E-state index in [0.717, 1.165) is 11.6 Å². The number of alkyl halides is 3. The summed E-state index contributed by atoms with van der Waals surface area (Å²) in [6.45, 7) is 0. The number of halogens is 3. The maximum absolute atomic E-state index is 12.5. The van der Waals surface area contributed by atoms with E-state index in [4.69, 9.17) is 5.73 Å². The predicted molar refractivity (Wildman–Crippen MR) is 66.8 cm³/mol. The highest BCUT2D eigenvalue weighted by atomic mass is 19.4. The third-order valence-electron chi connectivity index (χ3n) is 2.30. The number of nitrogen functional groups attached to an aromatic ring is 1. The van der Waals surface area contributed by atoms with Crippen LogP contribution in [0.25, 0.3) is 12.2 Å². The van der Waals surface area contributed by atoms with Crippen LogP contribution >= 0.6 is 0 Å². The Labute approximate surface area is 107 Å². The molecule has 6 heteroatoms.